The minimum atomic E-state index is -0.946. The minimum absolute atomic E-state index is 0.113. The highest BCUT2D eigenvalue weighted by Crippen LogP contribution is 2.27. The number of hydrogen-bond acceptors (Lipinski definition) is 6. The number of benzene rings is 1. The topological polar surface area (TPSA) is 70.6 Å². The molecule has 0 spiro atoms. The lowest BCUT2D eigenvalue weighted by Crippen LogP contribution is -2.56. The molecule has 1 amide bonds. The van der Waals surface area contributed by atoms with Crippen molar-refractivity contribution in [3.05, 3.63) is 30.1 Å². The van der Waals surface area contributed by atoms with Crippen LogP contribution in [0.4, 0.5) is 19.4 Å². The Balaban J connectivity index is 1.85. The molecule has 1 N–H and O–H groups in total. The zero-order chi connectivity index (χ0) is 20.5. The van der Waals surface area contributed by atoms with E-state index in [0.29, 0.717) is 36.4 Å². The molecule has 1 saturated heterocycles. The first kappa shape index (κ1) is 20.2. The molecule has 1 atom stereocenters. The SMILES string of the molecule is CN1CCN(c2ncnc3cc(F)c(F)cc23)[C@H](CNC(=O)OC(C)(C)C)C1. The summed E-state index contributed by atoms with van der Waals surface area (Å²) in [6.45, 7) is 7.80. The standard InChI is InChI=1S/C19H25F2N5O2/c1-19(2,3)28-18(27)22-9-12-10-25(4)5-6-26(12)17-13-7-14(20)15(21)8-16(13)23-11-24-17/h7-8,11-12H,5-6,9-10H2,1-4H3,(H,22,27)/t12-/m1/s1. The van der Waals surface area contributed by atoms with E-state index in [2.05, 4.69) is 20.2 Å². The highest BCUT2D eigenvalue weighted by atomic mass is 19.2. The molecule has 152 valence electrons. The first-order valence-corrected chi connectivity index (χ1v) is 9.16. The largest absolute Gasteiger partial charge is 0.444 e. The fourth-order valence-corrected chi connectivity index (χ4v) is 3.25. The van der Waals surface area contributed by atoms with Crippen LogP contribution in [0.1, 0.15) is 20.8 Å². The number of carbonyl (C=O) groups is 1. The van der Waals surface area contributed by atoms with Gasteiger partial charge < -0.3 is 19.9 Å². The quantitative estimate of drug-likeness (QED) is 0.864. The Bertz CT molecular complexity index is 871. The van der Waals surface area contributed by atoms with Crippen molar-refractivity contribution in [2.24, 2.45) is 0 Å². The van der Waals surface area contributed by atoms with Gasteiger partial charge in [0.05, 0.1) is 11.6 Å². The molecule has 3 rings (SSSR count). The predicted octanol–water partition coefficient (Wildman–Crippen LogP) is 2.55. The summed E-state index contributed by atoms with van der Waals surface area (Å²) >= 11 is 0. The Morgan fingerprint density at radius 2 is 1.96 bits per heavy atom. The van der Waals surface area contributed by atoms with Gasteiger partial charge in [0, 0.05) is 37.6 Å². The second-order valence-corrected chi connectivity index (χ2v) is 7.97. The van der Waals surface area contributed by atoms with E-state index in [1.165, 1.54) is 6.33 Å². The minimum Gasteiger partial charge on any atom is -0.444 e. The molecule has 7 nitrogen and oxygen atoms in total. The summed E-state index contributed by atoms with van der Waals surface area (Å²) in [7, 11) is 1.99. The van der Waals surface area contributed by atoms with E-state index in [0.717, 1.165) is 18.7 Å². The maximum atomic E-state index is 13.8. The van der Waals surface area contributed by atoms with Crippen LogP contribution < -0.4 is 10.2 Å². The summed E-state index contributed by atoms with van der Waals surface area (Å²) in [5, 5.41) is 3.23. The molecule has 28 heavy (non-hydrogen) atoms. The maximum absolute atomic E-state index is 13.8. The van der Waals surface area contributed by atoms with Crippen LogP contribution in [0.5, 0.6) is 0 Å². The highest BCUT2D eigenvalue weighted by Gasteiger charge is 2.29. The van der Waals surface area contributed by atoms with Gasteiger partial charge in [0.2, 0.25) is 0 Å². The van der Waals surface area contributed by atoms with E-state index in [1.54, 1.807) is 20.8 Å². The molecule has 1 aliphatic heterocycles. The van der Waals surface area contributed by atoms with Gasteiger partial charge in [-0.15, -0.1) is 0 Å². The average Bonchev–Trinajstić information content (AvgIpc) is 2.59. The molecule has 2 heterocycles. The molecule has 1 aliphatic rings. The number of rotatable bonds is 3. The molecule has 2 aromatic rings. The van der Waals surface area contributed by atoms with Gasteiger partial charge in [-0.25, -0.2) is 23.5 Å². The number of amides is 1. The number of piperazine rings is 1. The number of nitrogens with zero attached hydrogens (tertiary/aromatic N) is 4. The lowest BCUT2D eigenvalue weighted by Gasteiger charge is -2.41. The van der Waals surface area contributed by atoms with E-state index in [4.69, 9.17) is 4.74 Å². The normalized spacial score (nSPS) is 18.4. The third-order valence-electron chi connectivity index (χ3n) is 4.50. The smallest absolute Gasteiger partial charge is 0.407 e. The monoisotopic (exact) mass is 393 g/mol. The second-order valence-electron chi connectivity index (χ2n) is 7.97. The van der Waals surface area contributed by atoms with Crippen LogP contribution in [-0.4, -0.2) is 65.8 Å². The van der Waals surface area contributed by atoms with Crippen molar-refractivity contribution < 1.29 is 18.3 Å². The van der Waals surface area contributed by atoms with Crippen molar-refractivity contribution in [3.63, 3.8) is 0 Å². The van der Waals surface area contributed by atoms with E-state index >= 15 is 0 Å². The molecule has 1 fully saturated rings. The van der Waals surface area contributed by atoms with Crippen molar-refractivity contribution in [1.29, 1.82) is 0 Å². The number of fused-ring (bicyclic) bond motifs is 1. The molecule has 1 aromatic carbocycles. The van der Waals surface area contributed by atoms with Crippen LogP contribution in [0.15, 0.2) is 18.5 Å². The third kappa shape index (κ3) is 4.64. The maximum Gasteiger partial charge on any atom is 0.407 e. The lowest BCUT2D eigenvalue weighted by atomic mass is 10.1. The summed E-state index contributed by atoms with van der Waals surface area (Å²) in [5.41, 5.74) is -0.251. The van der Waals surface area contributed by atoms with E-state index in [9.17, 15) is 13.6 Å². The van der Waals surface area contributed by atoms with Crippen LogP contribution in [0, 0.1) is 11.6 Å². The van der Waals surface area contributed by atoms with Gasteiger partial charge in [-0.1, -0.05) is 0 Å². The summed E-state index contributed by atoms with van der Waals surface area (Å²) in [5.74, 6) is -1.37. The van der Waals surface area contributed by atoms with Crippen molar-refractivity contribution >= 4 is 22.8 Å². The van der Waals surface area contributed by atoms with E-state index < -0.39 is 23.3 Å². The zero-order valence-corrected chi connectivity index (χ0v) is 16.5. The molecule has 0 bridgehead atoms. The molecular formula is C19H25F2N5O2. The van der Waals surface area contributed by atoms with Gasteiger partial charge >= 0.3 is 6.09 Å². The second kappa shape index (κ2) is 7.83. The van der Waals surface area contributed by atoms with Crippen LogP contribution in [0.25, 0.3) is 10.9 Å². The average molecular weight is 393 g/mol. The number of hydrogen-bond donors (Lipinski definition) is 1. The first-order valence-electron chi connectivity index (χ1n) is 9.16. The van der Waals surface area contributed by atoms with Gasteiger partial charge in [-0.05, 0) is 33.9 Å². The summed E-state index contributed by atoms with van der Waals surface area (Å²) in [6, 6.07) is 2.08. The Morgan fingerprint density at radius 3 is 2.68 bits per heavy atom. The fourth-order valence-electron chi connectivity index (χ4n) is 3.25. The Morgan fingerprint density at radius 1 is 1.25 bits per heavy atom. The zero-order valence-electron chi connectivity index (χ0n) is 16.5. The number of alkyl carbamates (subject to hydrolysis) is 1. The number of likely N-dealkylation sites (N-methyl/N-ethyl adjacent to an activating group) is 1. The van der Waals surface area contributed by atoms with Gasteiger partial charge in [0.25, 0.3) is 0 Å². The van der Waals surface area contributed by atoms with Crippen LogP contribution in [0.3, 0.4) is 0 Å². The number of nitrogens with one attached hydrogen (secondary N) is 1. The number of aromatic nitrogens is 2. The first-order chi connectivity index (χ1) is 13.1. The summed E-state index contributed by atoms with van der Waals surface area (Å²) < 4.78 is 32.7. The number of ether oxygens (including phenoxy) is 1. The highest BCUT2D eigenvalue weighted by molar-refractivity contribution is 5.89. The number of carbonyl (C=O) groups excluding carboxylic acids is 1. The number of anilines is 1. The lowest BCUT2D eigenvalue weighted by molar-refractivity contribution is 0.0520. The van der Waals surface area contributed by atoms with Crippen molar-refractivity contribution in [2.45, 2.75) is 32.4 Å². The molecule has 0 aliphatic carbocycles. The van der Waals surface area contributed by atoms with Crippen molar-refractivity contribution in [3.8, 4) is 0 Å². The number of halogens is 2. The molecule has 0 unspecified atom stereocenters. The van der Waals surface area contributed by atoms with Crippen LogP contribution >= 0.6 is 0 Å². The summed E-state index contributed by atoms with van der Waals surface area (Å²) in [4.78, 5) is 24.6. The van der Waals surface area contributed by atoms with Gasteiger partial charge in [0.1, 0.15) is 17.7 Å². The molecular weight excluding hydrogens is 368 g/mol. The van der Waals surface area contributed by atoms with Gasteiger partial charge in [-0.3, -0.25) is 0 Å². The Hall–Kier alpha value is -2.55. The summed E-state index contributed by atoms with van der Waals surface area (Å²) in [6.07, 6.45) is 0.840. The third-order valence-corrected chi connectivity index (χ3v) is 4.50. The molecule has 0 radical (unpaired) electrons. The van der Waals surface area contributed by atoms with Crippen LogP contribution in [-0.2, 0) is 4.74 Å². The molecule has 1 aromatic heterocycles. The van der Waals surface area contributed by atoms with E-state index in [1.807, 2.05) is 11.9 Å². The molecule has 9 heteroatoms. The fraction of sp³-hybridized carbons (Fsp3) is 0.526. The van der Waals surface area contributed by atoms with Crippen LogP contribution in [0.2, 0.25) is 0 Å². The Labute approximate surface area is 162 Å². The van der Waals surface area contributed by atoms with Crippen molar-refractivity contribution in [2.75, 3.05) is 38.1 Å². The predicted molar refractivity (Wildman–Crippen MR) is 102 cm³/mol. The molecule has 0 saturated carbocycles. The van der Waals surface area contributed by atoms with Gasteiger partial charge in [-0.2, -0.15) is 0 Å². The Kier molecular flexibility index (Phi) is 5.64. The van der Waals surface area contributed by atoms with E-state index in [-0.39, 0.29) is 6.04 Å². The van der Waals surface area contributed by atoms with Crippen molar-refractivity contribution in [1.82, 2.24) is 20.2 Å². The van der Waals surface area contributed by atoms with Gasteiger partial charge in [0.15, 0.2) is 11.6 Å².